The monoisotopic (exact) mass is 865 g/mol. The number of para-hydroxylation sites is 1. The number of aryl methyl sites for hydroxylation is 1. The molecule has 0 amide bonds. The minimum Gasteiger partial charge on any atom is -0.501 e. The molecule has 5 heteroatoms. The van der Waals surface area contributed by atoms with Crippen molar-refractivity contribution >= 4 is 43.9 Å². The van der Waals surface area contributed by atoms with Crippen LogP contribution in [0.5, 0.6) is 0 Å². The van der Waals surface area contributed by atoms with Gasteiger partial charge in [0.15, 0.2) is 0 Å². The third-order valence-electron chi connectivity index (χ3n) is 10.3. The topological polar surface area (TPSA) is 52.1 Å². The van der Waals surface area contributed by atoms with Crippen LogP contribution in [0.25, 0.3) is 66.4 Å². The first-order valence-electron chi connectivity index (χ1n) is 19.7. The summed E-state index contributed by atoms with van der Waals surface area (Å²) in [5.74, 6) is -0.982. The molecular weight excluding hydrogens is 817 g/mol. The molecule has 4 nitrogen and oxygen atoms in total. The van der Waals surface area contributed by atoms with Gasteiger partial charge in [0.05, 0.1) is 5.58 Å². The van der Waals surface area contributed by atoms with Gasteiger partial charge in [-0.2, -0.15) is 0 Å². The second-order valence-electron chi connectivity index (χ2n) is 15.5. The van der Waals surface area contributed by atoms with Crippen LogP contribution in [0.4, 0.5) is 0 Å². The zero-order valence-corrected chi connectivity index (χ0v) is 32.6. The fourth-order valence-corrected chi connectivity index (χ4v) is 7.13. The summed E-state index contributed by atoms with van der Waals surface area (Å²) in [6.07, 6.45) is 6.26. The molecule has 0 aliphatic heterocycles. The Morgan fingerprint density at radius 2 is 1.52 bits per heavy atom. The van der Waals surface area contributed by atoms with Crippen molar-refractivity contribution in [2.75, 3.05) is 0 Å². The van der Waals surface area contributed by atoms with Crippen LogP contribution in [0.15, 0.2) is 112 Å². The second-order valence-corrected chi connectivity index (χ2v) is 15.5. The minimum atomic E-state index is -2.35. The van der Waals surface area contributed by atoms with Gasteiger partial charge in [-0.25, -0.2) is 0 Å². The number of nitrogens with zero attached hydrogens (tertiary/aromatic N) is 2. The average molecular weight is 865 g/mol. The van der Waals surface area contributed by atoms with E-state index in [0.717, 1.165) is 62.4 Å². The van der Waals surface area contributed by atoms with Gasteiger partial charge in [-0.1, -0.05) is 75.9 Å². The van der Waals surface area contributed by atoms with Gasteiger partial charge in [-0.05, 0) is 102 Å². The molecule has 9 rings (SSSR count). The molecule has 8 aromatic rings. The van der Waals surface area contributed by atoms with E-state index in [1.807, 2.05) is 79.0 Å². The summed E-state index contributed by atoms with van der Waals surface area (Å²) in [6.45, 7) is 8.70. The van der Waals surface area contributed by atoms with Crippen molar-refractivity contribution in [3.63, 3.8) is 0 Å². The summed E-state index contributed by atoms with van der Waals surface area (Å²) in [6, 6.07) is 36.2. The molecule has 1 aliphatic carbocycles. The number of aromatic nitrogens is 2. The van der Waals surface area contributed by atoms with Crippen LogP contribution in [0.3, 0.4) is 0 Å². The molecule has 0 atom stereocenters. The molecule has 4 heterocycles. The zero-order chi connectivity index (χ0) is 38.8. The van der Waals surface area contributed by atoms with E-state index in [9.17, 15) is 1.37 Å². The predicted octanol–water partition coefficient (Wildman–Crippen LogP) is 13.2. The molecule has 1 fully saturated rings. The Balaban J connectivity index is 0.000000238. The Kier molecular flexibility index (Phi) is 8.41. The van der Waals surface area contributed by atoms with Gasteiger partial charge in [-0.3, -0.25) is 0 Å². The van der Waals surface area contributed by atoms with E-state index in [4.69, 9.17) is 12.9 Å². The number of benzene rings is 4. The average Bonchev–Trinajstić information content (AvgIpc) is 3.72. The van der Waals surface area contributed by atoms with Crippen LogP contribution in [0, 0.1) is 24.4 Å². The molecule has 1 aliphatic rings. The Morgan fingerprint density at radius 1 is 0.769 bits per heavy atom. The zero-order valence-electron chi connectivity index (χ0n) is 34.2. The molecular formula is C47H44IrN2O2-2. The maximum absolute atomic E-state index is 9.38. The van der Waals surface area contributed by atoms with Crippen molar-refractivity contribution < 1.29 is 34.4 Å². The summed E-state index contributed by atoms with van der Waals surface area (Å²) in [7, 11) is 0. The summed E-state index contributed by atoms with van der Waals surface area (Å²) in [5, 5.41) is 3.85. The van der Waals surface area contributed by atoms with Crippen molar-refractivity contribution in [2.45, 2.75) is 78.5 Å². The van der Waals surface area contributed by atoms with E-state index in [1.165, 1.54) is 11.8 Å². The van der Waals surface area contributed by atoms with Crippen LogP contribution < -0.4 is 0 Å². The van der Waals surface area contributed by atoms with Crippen molar-refractivity contribution in [3.8, 4) is 22.5 Å². The third kappa shape index (κ3) is 6.97. The van der Waals surface area contributed by atoms with Crippen LogP contribution in [-0.2, 0) is 25.5 Å². The van der Waals surface area contributed by atoms with E-state index in [2.05, 4.69) is 68.9 Å². The number of rotatable bonds is 3. The largest absolute Gasteiger partial charge is 0.501 e. The minimum absolute atomic E-state index is 0. The molecule has 52 heavy (non-hydrogen) atoms. The number of hydrogen-bond donors (Lipinski definition) is 0. The van der Waals surface area contributed by atoms with Crippen molar-refractivity contribution in [2.24, 2.45) is 5.41 Å². The molecule has 1 radical (unpaired) electrons. The van der Waals surface area contributed by atoms with Gasteiger partial charge in [0.2, 0.25) is 0 Å². The number of furan rings is 2. The van der Waals surface area contributed by atoms with Gasteiger partial charge in [0.25, 0.3) is 0 Å². The fourth-order valence-electron chi connectivity index (χ4n) is 7.13. The molecule has 0 unspecified atom stereocenters. The smallest absolute Gasteiger partial charge is 0.136 e. The first-order valence-corrected chi connectivity index (χ1v) is 17.7. The predicted molar refractivity (Wildman–Crippen MR) is 210 cm³/mol. The quantitative estimate of drug-likeness (QED) is 0.166. The first-order chi connectivity index (χ1) is 26.1. The van der Waals surface area contributed by atoms with E-state index < -0.39 is 12.7 Å². The van der Waals surface area contributed by atoms with Crippen LogP contribution in [0.1, 0.15) is 88.4 Å². The van der Waals surface area contributed by atoms with Crippen LogP contribution >= 0.6 is 0 Å². The molecule has 4 aromatic carbocycles. The van der Waals surface area contributed by atoms with E-state index in [-0.39, 0.29) is 36.5 Å². The van der Waals surface area contributed by atoms with Gasteiger partial charge in [0, 0.05) is 54.1 Å². The maximum Gasteiger partial charge on any atom is 0.136 e. The van der Waals surface area contributed by atoms with Gasteiger partial charge < -0.3 is 18.8 Å². The van der Waals surface area contributed by atoms with E-state index in [0.29, 0.717) is 35.2 Å². The summed E-state index contributed by atoms with van der Waals surface area (Å²) < 4.78 is 46.4. The van der Waals surface area contributed by atoms with Gasteiger partial charge >= 0.3 is 0 Å². The molecule has 0 N–H and O–H groups in total. The first kappa shape index (κ1) is 31.0. The van der Waals surface area contributed by atoms with Gasteiger partial charge in [0.1, 0.15) is 16.7 Å². The Labute approximate surface area is 325 Å². The normalized spacial score (nSPS) is 16.7. The second kappa shape index (κ2) is 14.1. The number of hydrogen-bond acceptors (Lipinski definition) is 4. The van der Waals surface area contributed by atoms with Crippen LogP contribution in [-0.4, -0.2) is 9.97 Å². The van der Waals surface area contributed by atoms with Crippen molar-refractivity contribution in [1.29, 1.82) is 0 Å². The number of pyridine rings is 2. The molecule has 0 spiro atoms. The third-order valence-corrected chi connectivity index (χ3v) is 10.3. The molecule has 0 saturated heterocycles. The van der Waals surface area contributed by atoms with E-state index >= 15 is 0 Å². The summed E-state index contributed by atoms with van der Waals surface area (Å²) in [4.78, 5) is 8.98. The summed E-state index contributed by atoms with van der Waals surface area (Å²) in [5.41, 5.74) is 8.56. The van der Waals surface area contributed by atoms with Crippen molar-refractivity contribution in [1.82, 2.24) is 9.97 Å². The van der Waals surface area contributed by atoms with E-state index in [1.54, 1.807) is 6.07 Å². The molecule has 1 saturated carbocycles. The molecule has 265 valence electrons. The van der Waals surface area contributed by atoms with Crippen molar-refractivity contribution in [3.05, 3.63) is 132 Å². The molecule has 4 aromatic heterocycles. The standard InChI is InChI=1S/C32H28NO2.C15H16N.Ir/c1-19-18-33-27(15-24(19)20-11-13-32(2,3)14-12-20)23-9-6-8-22-26-17-29-25(16-30(26)35-31(22)23)21-7-4-5-10-28(21)34-29;1-15(2,3)13-9-10-16-14(11-13)12-7-5-4-6-8-12;/h4-8,10,15-18,20H,11-14H2,1-3H3;4-7,9-11H,1-3H3;/q2*-1;/i1D3,20D;;. The van der Waals surface area contributed by atoms with Gasteiger partial charge in [-0.15, -0.1) is 54.1 Å². The summed E-state index contributed by atoms with van der Waals surface area (Å²) >= 11 is 0. The SMILES string of the molecule is CC(C)(C)c1ccnc(-c2[c-]cccc2)c1.[2H]C([2H])([2H])c1cnc(-c2[c-]ccc3c2oc2cc4c(cc23)oc2ccccc24)cc1C1([2H])CCC(C)(C)CC1.[Ir]. The Morgan fingerprint density at radius 3 is 2.27 bits per heavy atom. The number of fused-ring (bicyclic) bond motifs is 6. The fraction of sp³-hybridized carbons (Fsp3) is 0.277. The molecule has 0 bridgehead atoms. The maximum atomic E-state index is 9.38. The Hall–Kier alpha value is -4.57. The van der Waals surface area contributed by atoms with Crippen LogP contribution in [0.2, 0.25) is 0 Å². The Bertz CT molecular complexity index is 2680.